The van der Waals surface area contributed by atoms with Crippen LogP contribution in [-0.2, 0) is 32.9 Å². The summed E-state index contributed by atoms with van der Waals surface area (Å²) in [5.74, 6) is -5.23. The van der Waals surface area contributed by atoms with Crippen molar-refractivity contribution in [2.24, 2.45) is 11.8 Å². The number of fused-ring (bicyclic) bond motifs is 6. The van der Waals surface area contributed by atoms with Crippen LogP contribution in [0.5, 0.6) is 0 Å². The van der Waals surface area contributed by atoms with Gasteiger partial charge in [0.05, 0.1) is 11.3 Å². The molecule has 0 saturated heterocycles. The maximum Gasteiger partial charge on any atom is 0.0639 e. The van der Waals surface area contributed by atoms with E-state index in [4.69, 9.17) is 21.9 Å². The van der Waals surface area contributed by atoms with Crippen molar-refractivity contribution in [3.05, 3.63) is 84.1 Å². The quantitative estimate of drug-likeness (QED) is 0.148. The molecule has 2 nitrogen and oxygen atoms in total. The number of nitrogens with zero attached hydrogens (tertiary/aromatic N) is 2. The van der Waals surface area contributed by atoms with Crippen LogP contribution in [0, 0.1) is 17.9 Å². The van der Waals surface area contributed by atoms with E-state index in [9.17, 15) is 0 Å². The second-order valence-electron chi connectivity index (χ2n) is 7.16. The predicted molar refractivity (Wildman–Crippen MR) is 132 cm³/mol. The third-order valence-electron chi connectivity index (χ3n) is 5.20. The number of hydrogen-bond acceptors (Lipinski definition) is 1. The first-order valence-corrected chi connectivity index (χ1v) is 9.74. The molecule has 0 aliphatic carbocycles. The standard InChI is InChI=1S/C29H29N2.Ir/c1-19(2)16-21-10-9-11-22(17-20(3)4)28(21)27-18-30-29-25-14-6-5-12-23(25)24-13-7-8-15-26(24)31(27)29;/h5-13,15,18-20H,16-17H2,1-4H3;/q-1;/i1D3,2D3,3D3,4D3,16D2,17D2;. The van der Waals surface area contributed by atoms with Crippen molar-refractivity contribution in [1.29, 1.82) is 0 Å². The number of aromatic nitrogens is 2. The van der Waals surface area contributed by atoms with Crippen LogP contribution in [0.1, 0.15) is 60.5 Å². The molecule has 3 heteroatoms. The number of pyridine rings is 1. The molecule has 0 aliphatic heterocycles. The average molecular weight is 614 g/mol. The molecule has 0 saturated carbocycles. The second kappa shape index (κ2) is 9.17. The Kier molecular flexibility index (Phi) is 2.92. The van der Waals surface area contributed by atoms with E-state index in [1.54, 1.807) is 40.8 Å². The molecule has 5 aromatic rings. The molecule has 3 aromatic carbocycles. The number of para-hydroxylation sites is 1. The summed E-state index contributed by atoms with van der Waals surface area (Å²) in [4.78, 5) is 4.55. The molecule has 2 heterocycles. The van der Waals surface area contributed by atoms with Crippen LogP contribution >= 0.6 is 0 Å². The van der Waals surface area contributed by atoms with Gasteiger partial charge in [-0.3, -0.25) is 4.98 Å². The Labute approximate surface area is 226 Å². The van der Waals surface area contributed by atoms with E-state index in [2.05, 4.69) is 11.1 Å². The Morgan fingerprint density at radius 1 is 0.906 bits per heavy atom. The Morgan fingerprint density at radius 3 is 2.31 bits per heavy atom. The van der Waals surface area contributed by atoms with E-state index >= 15 is 0 Å². The predicted octanol–water partition coefficient (Wildman–Crippen LogP) is 7.50. The van der Waals surface area contributed by atoms with Gasteiger partial charge in [-0.2, -0.15) is 0 Å². The summed E-state index contributed by atoms with van der Waals surface area (Å²) < 4.78 is 134. The van der Waals surface area contributed by atoms with Crippen molar-refractivity contribution >= 4 is 27.3 Å². The Hall–Kier alpha value is -2.48. The van der Waals surface area contributed by atoms with Gasteiger partial charge in [-0.15, -0.1) is 29.7 Å². The number of benzene rings is 3. The fourth-order valence-electron chi connectivity index (χ4n) is 4.07. The molecule has 32 heavy (non-hydrogen) atoms. The van der Waals surface area contributed by atoms with Crippen molar-refractivity contribution in [1.82, 2.24) is 9.38 Å². The third kappa shape index (κ3) is 3.89. The maximum atomic E-state index is 9.10. The summed E-state index contributed by atoms with van der Waals surface area (Å²) in [6.45, 7) is -13.5. The zero-order valence-electron chi connectivity index (χ0n) is 32.7. The first-order chi connectivity index (χ1) is 21.4. The second-order valence-corrected chi connectivity index (χ2v) is 7.16. The van der Waals surface area contributed by atoms with Gasteiger partial charge in [0.2, 0.25) is 0 Å². The van der Waals surface area contributed by atoms with Crippen molar-refractivity contribution in [2.45, 2.75) is 40.2 Å². The van der Waals surface area contributed by atoms with Crippen molar-refractivity contribution in [3.8, 4) is 11.3 Å². The molecule has 0 amide bonds. The van der Waals surface area contributed by atoms with Crippen LogP contribution in [-0.4, -0.2) is 9.38 Å². The van der Waals surface area contributed by atoms with Gasteiger partial charge in [0.25, 0.3) is 0 Å². The summed E-state index contributed by atoms with van der Waals surface area (Å²) >= 11 is 0. The fraction of sp³-hybridized carbons (Fsp3) is 0.276. The molecular weight excluding hydrogens is 569 g/mol. The minimum absolute atomic E-state index is 0. The largest absolute Gasteiger partial charge is 0.333 e. The van der Waals surface area contributed by atoms with Crippen LogP contribution in [0.15, 0.2) is 66.9 Å². The average Bonchev–Trinajstić information content (AvgIpc) is 3.34. The van der Waals surface area contributed by atoms with E-state index in [1.807, 2.05) is 6.07 Å². The maximum absolute atomic E-state index is 9.10. The SMILES string of the molecule is [2H]C([2H])([2H])C(C([2H])([2H])[2H])C([2H])([2H])c1cccc(C([2H])([2H])C(C([2H])([2H])[2H])C([2H])([2H])[2H])c1-c1cnc2c3[c-]cccc3c3ccccc3n12.[Ir]. The Morgan fingerprint density at radius 2 is 1.59 bits per heavy atom. The number of imidazole rings is 1. The van der Waals surface area contributed by atoms with Crippen molar-refractivity contribution in [2.75, 3.05) is 0 Å². The summed E-state index contributed by atoms with van der Waals surface area (Å²) in [5, 5.41) is 1.96. The zero-order valence-corrected chi connectivity index (χ0v) is 19.1. The molecular formula is C29H29IrN2-. The fourth-order valence-corrected chi connectivity index (χ4v) is 4.07. The first kappa shape index (κ1) is 10.2. The summed E-state index contributed by atoms with van der Waals surface area (Å²) in [6, 6.07) is 18.7. The molecule has 5 rings (SSSR count). The third-order valence-corrected chi connectivity index (χ3v) is 5.20. The van der Waals surface area contributed by atoms with Crippen LogP contribution in [0.2, 0.25) is 0 Å². The van der Waals surface area contributed by atoms with Gasteiger partial charge in [0.15, 0.2) is 0 Å². The molecule has 165 valence electrons. The Bertz CT molecular complexity index is 1880. The molecule has 0 spiro atoms. The monoisotopic (exact) mass is 614 g/mol. The first-order valence-electron chi connectivity index (χ1n) is 17.7. The van der Waals surface area contributed by atoms with E-state index < -0.39 is 68.7 Å². The van der Waals surface area contributed by atoms with E-state index in [1.165, 1.54) is 6.20 Å². The topological polar surface area (TPSA) is 17.3 Å². The van der Waals surface area contributed by atoms with Crippen molar-refractivity contribution < 1.29 is 42.0 Å². The van der Waals surface area contributed by atoms with Crippen molar-refractivity contribution in [3.63, 3.8) is 0 Å². The molecule has 2 aromatic heterocycles. The van der Waals surface area contributed by atoms with Crippen LogP contribution in [0.4, 0.5) is 0 Å². The molecule has 0 bridgehead atoms. The van der Waals surface area contributed by atoms with E-state index in [0.29, 0.717) is 16.3 Å². The minimum atomic E-state index is -3.38. The number of hydrogen-bond donors (Lipinski definition) is 0. The van der Waals surface area contributed by atoms with Gasteiger partial charge >= 0.3 is 0 Å². The molecule has 0 atom stereocenters. The van der Waals surface area contributed by atoms with Gasteiger partial charge in [0, 0.05) is 59.3 Å². The normalized spacial score (nSPS) is 21.6. The van der Waals surface area contributed by atoms with Gasteiger partial charge in [0.1, 0.15) is 0 Å². The molecule has 1 radical (unpaired) electrons. The molecule has 0 aliphatic rings. The van der Waals surface area contributed by atoms with Crippen LogP contribution < -0.4 is 0 Å². The van der Waals surface area contributed by atoms with E-state index in [0.717, 1.165) is 23.6 Å². The molecule has 0 unspecified atom stereocenters. The van der Waals surface area contributed by atoms with Gasteiger partial charge in [-0.05, 0) is 47.2 Å². The Balaban J connectivity index is 0.00000520. The minimum Gasteiger partial charge on any atom is -0.333 e. The summed E-state index contributed by atoms with van der Waals surface area (Å²) in [5.41, 5.74) is -0.855. The molecule has 0 fully saturated rings. The van der Waals surface area contributed by atoms with Crippen LogP contribution in [0.25, 0.3) is 38.6 Å². The van der Waals surface area contributed by atoms with Crippen LogP contribution in [0.3, 0.4) is 0 Å². The smallest absolute Gasteiger partial charge is 0.0639 e. The van der Waals surface area contributed by atoms with Gasteiger partial charge < -0.3 is 4.40 Å². The zero-order chi connectivity index (χ0) is 35.1. The summed E-state index contributed by atoms with van der Waals surface area (Å²) in [6.07, 6.45) is -5.19. The number of rotatable bonds is 5. The summed E-state index contributed by atoms with van der Waals surface area (Å²) in [7, 11) is 0. The van der Waals surface area contributed by atoms with Gasteiger partial charge in [-0.25, -0.2) is 0 Å². The van der Waals surface area contributed by atoms with Gasteiger partial charge in [-0.1, -0.05) is 69.2 Å². The van der Waals surface area contributed by atoms with E-state index in [-0.39, 0.29) is 31.4 Å². The molecule has 0 N–H and O–H groups in total.